The highest BCUT2D eigenvalue weighted by Gasteiger charge is 2.34. The Balaban J connectivity index is 1.88. The first kappa shape index (κ1) is 22.5. The Morgan fingerprint density at radius 2 is 1.90 bits per heavy atom. The monoisotopic (exact) mass is 430 g/mol. The highest BCUT2D eigenvalue weighted by atomic mass is 32.1. The van der Waals surface area contributed by atoms with Gasteiger partial charge >= 0.3 is 0 Å². The molecule has 0 aliphatic carbocycles. The van der Waals surface area contributed by atoms with Gasteiger partial charge in [0.25, 0.3) is 0 Å². The summed E-state index contributed by atoms with van der Waals surface area (Å²) in [6.45, 7) is 8.74. The van der Waals surface area contributed by atoms with E-state index in [1.54, 1.807) is 28.4 Å². The van der Waals surface area contributed by atoms with Crippen molar-refractivity contribution >= 4 is 23.2 Å². The van der Waals surface area contributed by atoms with E-state index in [4.69, 9.17) is 0 Å². The number of hydrogen-bond donors (Lipinski definition) is 0. The molecular formula is C24H31FN2O2S. The first-order chi connectivity index (χ1) is 14.3. The number of carbonyl (C=O) groups excluding carboxylic acids is 2. The molecule has 0 fully saturated rings. The fraction of sp³-hybridized carbons (Fsp3) is 0.500. The Kier molecular flexibility index (Phi) is 7.29. The molecule has 2 heterocycles. The fourth-order valence-electron chi connectivity index (χ4n) is 4.00. The van der Waals surface area contributed by atoms with Crippen molar-refractivity contribution in [1.82, 2.24) is 9.80 Å². The van der Waals surface area contributed by atoms with Crippen molar-refractivity contribution in [2.24, 2.45) is 5.92 Å². The van der Waals surface area contributed by atoms with Crippen LogP contribution in [-0.4, -0.2) is 40.7 Å². The van der Waals surface area contributed by atoms with Crippen LogP contribution < -0.4 is 0 Å². The molecule has 0 saturated heterocycles. The summed E-state index contributed by atoms with van der Waals surface area (Å²) in [6.07, 6.45) is 2.04. The molecule has 1 aliphatic rings. The number of fused-ring (bicyclic) bond motifs is 1. The molecule has 0 bridgehead atoms. The zero-order valence-electron chi connectivity index (χ0n) is 18.2. The lowest BCUT2D eigenvalue weighted by Crippen LogP contribution is -2.49. The minimum absolute atomic E-state index is 0.00553. The summed E-state index contributed by atoms with van der Waals surface area (Å²) >= 11 is 1.70. The maximum atomic E-state index is 13.5. The first-order valence-corrected chi connectivity index (χ1v) is 11.6. The van der Waals surface area contributed by atoms with Crippen LogP contribution in [0.25, 0.3) is 0 Å². The molecule has 4 nitrogen and oxygen atoms in total. The van der Waals surface area contributed by atoms with Gasteiger partial charge in [-0.25, -0.2) is 4.39 Å². The smallest absolute Gasteiger partial charge is 0.243 e. The third-order valence-corrected chi connectivity index (χ3v) is 6.80. The lowest BCUT2D eigenvalue weighted by atomic mass is 9.93. The predicted octanol–water partition coefficient (Wildman–Crippen LogP) is 5.03. The maximum absolute atomic E-state index is 13.5. The lowest BCUT2D eigenvalue weighted by Gasteiger charge is -2.38. The van der Waals surface area contributed by atoms with Gasteiger partial charge in [0.05, 0.1) is 6.04 Å². The van der Waals surface area contributed by atoms with E-state index in [2.05, 4.69) is 6.07 Å². The molecule has 1 aromatic heterocycles. The summed E-state index contributed by atoms with van der Waals surface area (Å²) in [5, 5.41) is 2.05. The van der Waals surface area contributed by atoms with Gasteiger partial charge in [-0.3, -0.25) is 9.59 Å². The van der Waals surface area contributed by atoms with Crippen LogP contribution in [0.15, 0.2) is 35.7 Å². The molecule has 2 aromatic rings. The third kappa shape index (κ3) is 4.91. The van der Waals surface area contributed by atoms with Gasteiger partial charge in [-0.2, -0.15) is 0 Å². The molecule has 162 valence electrons. The van der Waals surface area contributed by atoms with Crippen molar-refractivity contribution in [3.8, 4) is 0 Å². The molecule has 6 heteroatoms. The second-order valence-corrected chi connectivity index (χ2v) is 9.47. The van der Waals surface area contributed by atoms with Crippen molar-refractivity contribution in [2.75, 3.05) is 13.1 Å². The van der Waals surface area contributed by atoms with Gasteiger partial charge < -0.3 is 9.80 Å². The summed E-state index contributed by atoms with van der Waals surface area (Å²) in [5.74, 6) is -0.0764. The fourth-order valence-corrected chi connectivity index (χ4v) is 4.91. The summed E-state index contributed by atoms with van der Waals surface area (Å²) < 4.78 is 13.5. The average molecular weight is 431 g/mol. The van der Waals surface area contributed by atoms with Crippen LogP contribution in [0.4, 0.5) is 4.39 Å². The molecule has 0 N–H and O–H groups in total. The zero-order valence-corrected chi connectivity index (χ0v) is 19.0. The molecule has 0 radical (unpaired) electrons. The summed E-state index contributed by atoms with van der Waals surface area (Å²) in [6, 6.07) is 8.21. The molecule has 30 heavy (non-hydrogen) atoms. The van der Waals surface area contributed by atoms with E-state index in [1.807, 2.05) is 38.0 Å². The minimum Gasteiger partial charge on any atom is -0.331 e. The van der Waals surface area contributed by atoms with Gasteiger partial charge in [-0.05, 0) is 60.4 Å². The predicted molar refractivity (Wildman–Crippen MR) is 119 cm³/mol. The molecule has 1 aromatic carbocycles. The van der Waals surface area contributed by atoms with Gasteiger partial charge in [0.2, 0.25) is 11.8 Å². The lowest BCUT2D eigenvalue weighted by molar-refractivity contribution is -0.144. The summed E-state index contributed by atoms with van der Waals surface area (Å²) in [4.78, 5) is 31.2. The van der Waals surface area contributed by atoms with Crippen LogP contribution in [0.2, 0.25) is 0 Å². The number of carbonyl (C=O) groups is 2. The molecule has 0 unspecified atom stereocenters. The van der Waals surface area contributed by atoms with Gasteiger partial charge in [0.15, 0.2) is 0 Å². The molecule has 1 aliphatic heterocycles. The van der Waals surface area contributed by atoms with Gasteiger partial charge in [0, 0.05) is 23.9 Å². The number of thiophene rings is 1. The van der Waals surface area contributed by atoms with E-state index in [1.165, 1.54) is 17.0 Å². The van der Waals surface area contributed by atoms with Crippen LogP contribution >= 0.6 is 11.3 Å². The second kappa shape index (κ2) is 9.73. The van der Waals surface area contributed by atoms with E-state index < -0.39 is 0 Å². The Hall–Kier alpha value is -2.21. The Morgan fingerprint density at radius 1 is 1.20 bits per heavy atom. The number of halogens is 1. The second-order valence-electron chi connectivity index (χ2n) is 8.47. The van der Waals surface area contributed by atoms with E-state index in [-0.39, 0.29) is 42.2 Å². The number of benzene rings is 1. The Bertz CT molecular complexity index is 878. The molecule has 0 saturated carbocycles. The molecule has 2 atom stereocenters. The average Bonchev–Trinajstić information content (AvgIpc) is 3.19. The van der Waals surface area contributed by atoms with Gasteiger partial charge in [-0.1, -0.05) is 32.9 Å². The summed E-state index contributed by atoms with van der Waals surface area (Å²) in [5.41, 5.74) is 2.00. The van der Waals surface area contributed by atoms with Crippen molar-refractivity contribution in [2.45, 2.75) is 59.0 Å². The van der Waals surface area contributed by atoms with Crippen molar-refractivity contribution < 1.29 is 14.0 Å². The number of amides is 2. The number of nitrogens with zero attached hydrogens (tertiary/aromatic N) is 2. The van der Waals surface area contributed by atoms with E-state index >= 15 is 0 Å². The quantitative estimate of drug-likeness (QED) is 0.618. The summed E-state index contributed by atoms with van der Waals surface area (Å²) in [7, 11) is 0. The molecule has 0 spiro atoms. The maximum Gasteiger partial charge on any atom is 0.243 e. The SMILES string of the molecule is CC[C@H](C)N(CC(=O)N1CCc2sccc2[C@H]1c1ccc(F)cc1)C(=O)CC(C)C. The van der Waals surface area contributed by atoms with E-state index in [9.17, 15) is 14.0 Å². The number of hydrogen-bond acceptors (Lipinski definition) is 3. The molecule has 2 amide bonds. The largest absolute Gasteiger partial charge is 0.331 e. The normalized spacial score (nSPS) is 17.0. The highest BCUT2D eigenvalue weighted by molar-refractivity contribution is 7.10. The topological polar surface area (TPSA) is 40.6 Å². The van der Waals surface area contributed by atoms with Crippen LogP contribution in [0.5, 0.6) is 0 Å². The van der Waals surface area contributed by atoms with Crippen LogP contribution in [0.3, 0.4) is 0 Å². The Morgan fingerprint density at radius 3 is 2.53 bits per heavy atom. The molecule has 3 rings (SSSR count). The third-order valence-electron chi connectivity index (χ3n) is 5.80. The van der Waals surface area contributed by atoms with Gasteiger partial charge in [0.1, 0.15) is 12.4 Å². The van der Waals surface area contributed by atoms with Crippen molar-refractivity contribution in [3.63, 3.8) is 0 Å². The minimum atomic E-state index is -0.291. The van der Waals surface area contributed by atoms with Crippen LogP contribution in [0.1, 0.15) is 62.6 Å². The van der Waals surface area contributed by atoms with Crippen LogP contribution in [0, 0.1) is 11.7 Å². The standard InChI is InChI=1S/C24H31FN2O2S/c1-5-17(4)27(22(28)14-16(2)3)15-23(29)26-12-10-21-20(11-13-30-21)24(26)18-6-8-19(25)9-7-18/h6-9,11,13,16-17,24H,5,10,12,14-15H2,1-4H3/t17-,24+/m0/s1. The molecular weight excluding hydrogens is 399 g/mol. The van der Waals surface area contributed by atoms with Crippen molar-refractivity contribution in [3.05, 3.63) is 57.5 Å². The van der Waals surface area contributed by atoms with Gasteiger partial charge in [-0.15, -0.1) is 11.3 Å². The zero-order chi connectivity index (χ0) is 21.8. The van der Waals surface area contributed by atoms with E-state index in [0.717, 1.165) is 24.0 Å². The van der Waals surface area contributed by atoms with E-state index in [0.29, 0.717) is 13.0 Å². The van der Waals surface area contributed by atoms with Crippen LogP contribution in [-0.2, 0) is 16.0 Å². The first-order valence-electron chi connectivity index (χ1n) is 10.7. The van der Waals surface area contributed by atoms with Crippen molar-refractivity contribution in [1.29, 1.82) is 0 Å². The highest BCUT2D eigenvalue weighted by Crippen LogP contribution is 2.38. The number of rotatable bonds is 7. The Labute approximate surface area is 182 Å².